The van der Waals surface area contributed by atoms with Gasteiger partial charge in [0.05, 0.1) is 28.0 Å². The number of rotatable bonds is 3. The van der Waals surface area contributed by atoms with E-state index in [-0.39, 0.29) is 12.5 Å². The third kappa shape index (κ3) is 3.31. The second kappa shape index (κ2) is 6.32. The molecule has 1 amide bonds. The summed E-state index contributed by atoms with van der Waals surface area (Å²) >= 11 is 0. The lowest BCUT2D eigenvalue weighted by Gasteiger charge is -2.14. The van der Waals surface area contributed by atoms with Crippen molar-refractivity contribution in [2.75, 3.05) is 19.7 Å². The van der Waals surface area contributed by atoms with Crippen LogP contribution in [0.2, 0.25) is 0 Å². The molecule has 120 valence electrons. The molecule has 0 N–H and O–H groups in total. The molecule has 1 aromatic carbocycles. The van der Waals surface area contributed by atoms with Crippen LogP contribution in [0.5, 0.6) is 0 Å². The molecule has 0 unspecified atom stereocenters. The number of benzene rings is 1. The van der Waals surface area contributed by atoms with E-state index in [0.29, 0.717) is 11.1 Å². The summed E-state index contributed by atoms with van der Waals surface area (Å²) in [7, 11) is 0. The molecule has 0 radical (unpaired) electrons. The highest BCUT2D eigenvalue weighted by Gasteiger charge is 2.19. The minimum absolute atomic E-state index is 0.136. The van der Waals surface area contributed by atoms with E-state index in [0.717, 1.165) is 42.8 Å². The van der Waals surface area contributed by atoms with Crippen molar-refractivity contribution in [2.45, 2.75) is 26.7 Å². The molecule has 0 aliphatic carbocycles. The lowest BCUT2D eigenvalue weighted by atomic mass is 10.2. The van der Waals surface area contributed by atoms with Gasteiger partial charge in [-0.15, -0.1) is 0 Å². The second-order valence-electron chi connectivity index (χ2n) is 5.76. The van der Waals surface area contributed by atoms with E-state index in [1.54, 1.807) is 23.1 Å². The number of ether oxygens (including phenoxy) is 1. The maximum atomic E-state index is 12.1. The first-order valence-corrected chi connectivity index (χ1v) is 7.74. The largest absolute Gasteiger partial charge is 0.452 e. The van der Waals surface area contributed by atoms with Gasteiger partial charge in [0, 0.05) is 13.1 Å². The molecule has 0 spiro atoms. The highest BCUT2D eigenvalue weighted by atomic mass is 16.5. The van der Waals surface area contributed by atoms with Crippen LogP contribution < -0.4 is 0 Å². The van der Waals surface area contributed by atoms with E-state index in [1.165, 1.54) is 0 Å². The molecule has 1 fully saturated rings. The fourth-order valence-electron chi connectivity index (χ4n) is 2.63. The molecule has 1 saturated heterocycles. The third-order valence-corrected chi connectivity index (χ3v) is 4.10. The predicted molar refractivity (Wildman–Crippen MR) is 85.1 cm³/mol. The maximum absolute atomic E-state index is 12.1. The van der Waals surface area contributed by atoms with Crippen molar-refractivity contribution in [2.24, 2.45) is 0 Å². The maximum Gasteiger partial charge on any atom is 0.338 e. The van der Waals surface area contributed by atoms with Crippen molar-refractivity contribution in [3.8, 4) is 0 Å². The smallest absolute Gasteiger partial charge is 0.338 e. The highest BCUT2D eigenvalue weighted by molar-refractivity contribution is 5.94. The van der Waals surface area contributed by atoms with Crippen LogP contribution in [-0.2, 0) is 9.53 Å². The fourth-order valence-corrected chi connectivity index (χ4v) is 2.63. The van der Waals surface area contributed by atoms with Crippen LogP contribution in [0.4, 0.5) is 0 Å². The molecular weight excluding hydrogens is 294 g/mol. The van der Waals surface area contributed by atoms with E-state index >= 15 is 0 Å². The SMILES string of the molecule is Cc1nc2ccc(C(=O)OCC(=O)N3CCCC3)cc2nc1C. The van der Waals surface area contributed by atoms with Crippen molar-refractivity contribution < 1.29 is 14.3 Å². The molecular formula is C17H19N3O3. The van der Waals surface area contributed by atoms with Crippen molar-refractivity contribution in [1.29, 1.82) is 0 Å². The van der Waals surface area contributed by atoms with Crippen LogP contribution in [0.1, 0.15) is 34.6 Å². The Morgan fingerprint density at radius 2 is 1.74 bits per heavy atom. The Kier molecular flexibility index (Phi) is 4.23. The first-order chi connectivity index (χ1) is 11.0. The zero-order valence-electron chi connectivity index (χ0n) is 13.3. The van der Waals surface area contributed by atoms with Gasteiger partial charge in [-0.2, -0.15) is 0 Å². The van der Waals surface area contributed by atoms with Crippen LogP contribution in [0, 0.1) is 13.8 Å². The standard InChI is InChI=1S/C17H19N3O3/c1-11-12(2)19-15-9-13(5-6-14(15)18-11)17(22)23-10-16(21)20-7-3-4-8-20/h5-6,9H,3-4,7-8,10H2,1-2H3. The summed E-state index contributed by atoms with van der Waals surface area (Å²) in [5, 5.41) is 0. The predicted octanol–water partition coefficient (Wildman–Crippen LogP) is 2.03. The van der Waals surface area contributed by atoms with E-state index in [1.807, 2.05) is 13.8 Å². The van der Waals surface area contributed by atoms with Gasteiger partial charge in [0.2, 0.25) is 0 Å². The zero-order valence-corrected chi connectivity index (χ0v) is 13.3. The van der Waals surface area contributed by atoms with Gasteiger partial charge in [-0.25, -0.2) is 14.8 Å². The number of carbonyl (C=O) groups is 2. The van der Waals surface area contributed by atoms with Gasteiger partial charge in [-0.05, 0) is 44.9 Å². The Morgan fingerprint density at radius 1 is 1.09 bits per heavy atom. The molecule has 0 saturated carbocycles. The number of nitrogens with zero attached hydrogens (tertiary/aromatic N) is 3. The number of hydrogen-bond acceptors (Lipinski definition) is 5. The Bertz CT molecular complexity index is 767. The lowest BCUT2D eigenvalue weighted by Crippen LogP contribution is -2.32. The summed E-state index contributed by atoms with van der Waals surface area (Å²) in [6.45, 7) is 5.06. The number of aryl methyl sites for hydroxylation is 2. The number of carbonyl (C=O) groups excluding carboxylic acids is 2. The molecule has 2 aromatic rings. The Labute approximate surface area is 134 Å². The average Bonchev–Trinajstić information content (AvgIpc) is 3.07. The molecule has 3 rings (SSSR count). The number of hydrogen-bond donors (Lipinski definition) is 0. The molecule has 6 nitrogen and oxygen atoms in total. The van der Waals surface area contributed by atoms with Gasteiger partial charge in [-0.3, -0.25) is 4.79 Å². The zero-order chi connectivity index (χ0) is 16.4. The molecule has 1 aliphatic rings. The van der Waals surface area contributed by atoms with Gasteiger partial charge < -0.3 is 9.64 Å². The van der Waals surface area contributed by atoms with E-state index in [2.05, 4.69) is 9.97 Å². The molecule has 6 heteroatoms. The number of aromatic nitrogens is 2. The van der Waals surface area contributed by atoms with Crippen molar-refractivity contribution in [3.05, 3.63) is 35.2 Å². The van der Waals surface area contributed by atoms with Crippen LogP contribution in [0.15, 0.2) is 18.2 Å². The van der Waals surface area contributed by atoms with Crippen molar-refractivity contribution in [1.82, 2.24) is 14.9 Å². The van der Waals surface area contributed by atoms with Gasteiger partial charge in [-0.1, -0.05) is 0 Å². The summed E-state index contributed by atoms with van der Waals surface area (Å²) in [6.07, 6.45) is 2.03. The Balaban J connectivity index is 1.70. The molecule has 0 atom stereocenters. The fraction of sp³-hybridized carbons (Fsp3) is 0.412. The molecule has 23 heavy (non-hydrogen) atoms. The van der Waals surface area contributed by atoms with E-state index in [4.69, 9.17) is 4.74 Å². The van der Waals surface area contributed by atoms with E-state index in [9.17, 15) is 9.59 Å². The normalized spacial score (nSPS) is 14.3. The Morgan fingerprint density at radius 3 is 2.43 bits per heavy atom. The number of likely N-dealkylation sites (tertiary alicyclic amines) is 1. The van der Waals surface area contributed by atoms with Crippen LogP contribution in [0.25, 0.3) is 11.0 Å². The summed E-state index contributed by atoms with van der Waals surface area (Å²) in [5.74, 6) is -0.651. The quantitative estimate of drug-likeness (QED) is 0.811. The summed E-state index contributed by atoms with van der Waals surface area (Å²) in [5.41, 5.74) is 3.45. The van der Waals surface area contributed by atoms with Crippen molar-refractivity contribution in [3.63, 3.8) is 0 Å². The van der Waals surface area contributed by atoms with Crippen LogP contribution in [0.3, 0.4) is 0 Å². The lowest BCUT2D eigenvalue weighted by molar-refractivity contribution is -0.133. The number of amides is 1. The minimum atomic E-state index is -0.514. The first-order valence-electron chi connectivity index (χ1n) is 7.74. The van der Waals surface area contributed by atoms with Crippen LogP contribution in [-0.4, -0.2) is 46.4 Å². The summed E-state index contributed by atoms with van der Waals surface area (Å²) < 4.78 is 5.13. The first kappa shape index (κ1) is 15.4. The topological polar surface area (TPSA) is 72.4 Å². The summed E-state index contributed by atoms with van der Waals surface area (Å²) in [6, 6.07) is 5.04. The average molecular weight is 313 g/mol. The van der Waals surface area contributed by atoms with E-state index < -0.39 is 5.97 Å². The molecule has 1 aliphatic heterocycles. The van der Waals surface area contributed by atoms with Crippen molar-refractivity contribution >= 4 is 22.9 Å². The minimum Gasteiger partial charge on any atom is -0.452 e. The highest BCUT2D eigenvalue weighted by Crippen LogP contribution is 2.15. The molecule has 1 aromatic heterocycles. The van der Waals surface area contributed by atoms with Gasteiger partial charge in [0.25, 0.3) is 5.91 Å². The van der Waals surface area contributed by atoms with Crippen LogP contribution >= 0.6 is 0 Å². The second-order valence-corrected chi connectivity index (χ2v) is 5.76. The number of fused-ring (bicyclic) bond motifs is 1. The summed E-state index contributed by atoms with van der Waals surface area (Å²) in [4.78, 5) is 34.6. The van der Waals surface area contributed by atoms with Gasteiger partial charge in [0.15, 0.2) is 6.61 Å². The Hall–Kier alpha value is -2.50. The molecule has 2 heterocycles. The third-order valence-electron chi connectivity index (χ3n) is 4.10. The molecule has 0 bridgehead atoms. The van der Waals surface area contributed by atoms with Gasteiger partial charge >= 0.3 is 5.97 Å². The number of esters is 1. The van der Waals surface area contributed by atoms with Gasteiger partial charge in [0.1, 0.15) is 0 Å². The monoisotopic (exact) mass is 313 g/mol.